The second-order valence-corrected chi connectivity index (χ2v) is 3.99. The largest absolute Gasteiger partial charge is 0.330 e. The third-order valence-electron chi connectivity index (χ3n) is 2.31. The van der Waals surface area contributed by atoms with Crippen LogP contribution in [0.2, 0.25) is 0 Å². The number of nitrogens with two attached hydrogens (primary N) is 1. The maximum absolute atomic E-state index is 13.0. The number of hydrogen-bond acceptors (Lipinski definition) is 2. The maximum atomic E-state index is 13.0. The normalized spacial score (nSPS) is 31.9. The second kappa shape index (κ2) is 2.50. The Morgan fingerprint density at radius 3 is 2.75 bits per heavy atom. The number of rotatable bonds is 2. The van der Waals surface area contributed by atoms with Gasteiger partial charge in [-0.1, -0.05) is 6.07 Å². The average molecular weight is 189 g/mol. The van der Waals surface area contributed by atoms with Gasteiger partial charge in [0, 0.05) is 17.3 Å². The van der Waals surface area contributed by atoms with Gasteiger partial charge < -0.3 is 5.73 Å². The van der Waals surface area contributed by atoms with Crippen LogP contribution in [0.15, 0.2) is 17.5 Å². The van der Waals surface area contributed by atoms with Gasteiger partial charge in [-0.05, 0) is 11.4 Å². The van der Waals surface area contributed by atoms with E-state index >= 15 is 0 Å². The van der Waals surface area contributed by atoms with Crippen molar-refractivity contribution in [3.8, 4) is 0 Å². The van der Waals surface area contributed by atoms with Crippen molar-refractivity contribution in [2.75, 3.05) is 6.54 Å². The number of hydrogen-bond donors (Lipinski definition) is 1. The number of alkyl halides is 2. The standard InChI is InChI=1S/C8H9F2NS/c9-8(10)5(4-11)7(8)6-2-1-3-12-6/h1-3,5,7H,4,11H2. The van der Waals surface area contributed by atoms with Crippen LogP contribution in [0.4, 0.5) is 8.78 Å². The molecule has 0 aliphatic heterocycles. The molecule has 2 atom stereocenters. The van der Waals surface area contributed by atoms with Crippen LogP contribution in [0.25, 0.3) is 0 Å². The minimum atomic E-state index is -2.56. The molecule has 12 heavy (non-hydrogen) atoms. The van der Waals surface area contributed by atoms with Crippen LogP contribution >= 0.6 is 11.3 Å². The molecular formula is C8H9F2NS. The molecule has 1 aliphatic carbocycles. The van der Waals surface area contributed by atoms with E-state index < -0.39 is 17.8 Å². The molecule has 66 valence electrons. The fraction of sp³-hybridized carbons (Fsp3) is 0.500. The molecule has 1 nitrogen and oxygen atoms in total. The molecule has 0 radical (unpaired) electrons. The molecule has 0 aromatic carbocycles. The van der Waals surface area contributed by atoms with Gasteiger partial charge in [0.2, 0.25) is 0 Å². The van der Waals surface area contributed by atoms with E-state index in [4.69, 9.17) is 5.73 Å². The summed E-state index contributed by atoms with van der Waals surface area (Å²) in [7, 11) is 0. The van der Waals surface area contributed by atoms with Crippen LogP contribution in [-0.4, -0.2) is 12.5 Å². The molecule has 4 heteroatoms. The van der Waals surface area contributed by atoms with Crippen molar-refractivity contribution in [1.29, 1.82) is 0 Å². The van der Waals surface area contributed by atoms with Gasteiger partial charge in [0.15, 0.2) is 0 Å². The molecule has 1 aliphatic rings. The molecule has 0 saturated heterocycles. The lowest BCUT2D eigenvalue weighted by Gasteiger charge is -1.90. The number of thiophene rings is 1. The van der Waals surface area contributed by atoms with Crippen LogP contribution < -0.4 is 5.73 Å². The van der Waals surface area contributed by atoms with E-state index in [1.54, 1.807) is 12.1 Å². The van der Waals surface area contributed by atoms with Gasteiger partial charge in [-0.2, -0.15) is 0 Å². The summed E-state index contributed by atoms with van der Waals surface area (Å²) in [6.07, 6.45) is 0. The Labute approximate surface area is 73.2 Å². The third-order valence-corrected chi connectivity index (χ3v) is 3.26. The maximum Gasteiger partial charge on any atom is 0.261 e. The highest BCUT2D eigenvalue weighted by atomic mass is 32.1. The molecule has 1 aromatic heterocycles. The molecule has 1 saturated carbocycles. The SMILES string of the molecule is NCC1C(c2cccs2)C1(F)F. The van der Waals surface area contributed by atoms with Gasteiger partial charge in [0.1, 0.15) is 0 Å². The summed E-state index contributed by atoms with van der Waals surface area (Å²) in [5, 5.41) is 1.82. The highest BCUT2D eigenvalue weighted by molar-refractivity contribution is 7.10. The van der Waals surface area contributed by atoms with Crippen molar-refractivity contribution >= 4 is 11.3 Å². The molecule has 1 heterocycles. The second-order valence-electron chi connectivity index (χ2n) is 3.01. The van der Waals surface area contributed by atoms with E-state index in [0.29, 0.717) is 0 Å². The van der Waals surface area contributed by atoms with E-state index in [0.717, 1.165) is 4.88 Å². The highest BCUT2D eigenvalue weighted by Crippen LogP contribution is 2.61. The lowest BCUT2D eigenvalue weighted by Crippen LogP contribution is -2.06. The van der Waals surface area contributed by atoms with Crippen molar-refractivity contribution in [1.82, 2.24) is 0 Å². The van der Waals surface area contributed by atoms with E-state index in [2.05, 4.69) is 0 Å². The summed E-state index contributed by atoms with van der Waals surface area (Å²) >= 11 is 1.38. The fourth-order valence-corrected chi connectivity index (χ4v) is 2.48. The lowest BCUT2D eigenvalue weighted by atomic mass is 10.3. The summed E-state index contributed by atoms with van der Waals surface area (Å²) in [6.45, 7) is 0.0789. The van der Waals surface area contributed by atoms with Crippen molar-refractivity contribution < 1.29 is 8.78 Å². The van der Waals surface area contributed by atoms with Crippen LogP contribution in [0.1, 0.15) is 10.8 Å². The molecule has 2 rings (SSSR count). The zero-order valence-corrected chi connectivity index (χ0v) is 7.15. The first-order chi connectivity index (χ1) is 5.68. The molecule has 2 unspecified atom stereocenters. The smallest absolute Gasteiger partial charge is 0.261 e. The molecule has 2 N–H and O–H groups in total. The van der Waals surface area contributed by atoms with Gasteiger partial charge in [0.25, 0.3) is 5.92 Å². The van der Waals surface area contributed by atoms with Gasteiger partial charge in [0.05, 0.1) is 5.92 Å². The summed E-state index contributed by atoms with van der Waals surface area (Å²) in [4.78, 5) is 0.760. The first kappa shape index (κ1) is 8.13. The van der Waals surface area contributed by atoms with Crippen molar-refractivity contribution in [2.24, 2.45) is 11.7 Å². The van der Waals surface area contributed by atoms with Crippen LogP contribution in [0, 0.1) is 5.92 Å². The Balaban J connectivity index is 2.19. The topological polar surface area (TPSA) is 26.0 Å². The lowest BCUT2D eigenvalue weighted by molar-refractivity contribution is 0.0950. The summed E-state index contributed by atoms with van der Waals surface area (Å²) in [6, 6.07) is 3.54. The van der Waals surface area contributed by atoms with Gasteiger partial charge in [-0.15, -0.1) is 11.3 Å². The predicted octanol–water partition coefficient (Wildman–Crippen LogP) is 2.06. The molecule has 1 fully saturated rings. The Morgan fingerprint density at radius 2 is 2.33 bits per heavy atom. The first-order valence-corrected chi connectivity index (χ1v) is 4.67. The minimum absolute atomic E-state index is 0.0789. The van der Waals surface area contributed by atoms with Crippen LogP contribution in [-0.2, 0) is 0 Å². The van der Waals surface area contributed by atoms with E-state index in [1.807, 2.05) is 5.38 Å². The van der Waals surface area contributed by atoms with Crippen molar-refractivity contribution in [3.63, 3.8) is 0 Å². The fourth-order valence-electron chi connectivity index (χ4n) is 1.54. The molecule has 0 spiro atoms. The van der Waals surface area contributed by atoms with Crippen molar-refractivity contribution in [2.45, 2.75) is 11.8 Å². The Kier molecular flexibility index (Phi) is 1.70. The molecule has 1 aromatic rings. The first-order valence-electron chi connectivity index (χ1n) is 3.79. The Morgan fingerprint density at radius 1 is 1.58 bits per heavy atom. The van der Waals surface area contributed by atoms with E-state index in [-0.39, 0.29) is 6.54 Å². The Hall–Kier alpha value is -0.480. The molecular weight excluding hydrogens is 180 g/mol. The van der Waals surface area contributed by atoms with Crippen LogP contribution in [0.5, 0.6) is 0 Å². The Bertz CT molecular complexity index is 271. The van der Waals surface area contributed by atoms with Gasteiger partial charge in [-0.25, -0.2) is 8.78 Å². The zero-order valence-electron chi connectivity index (χ0n) is 6.34. The van der Waals surface area contributed by atoms with Crippen molar-refractivity contribution in [3.05, 3.63) is 22.4 Å². The summed E-state index contributed by atoms with van der Waals surface area (Å²) in [5.41, 5.74) is 5.23. The highest BCUT2D eigenvalue weighted by Gasteiger charge is 2.68. The molecule has 0 amide bonds. The minimum Gasteiger partial charge on any atom is -0.330 e. The third kappa shape index (κ3) is 0.983. The summed E-state index contributed by atoms with van der Waals surface area (Å²) < 4.78 is 25.9. The molecule has 0 bridgehead atoms. The monoisotopic (exact) mass is 189 g/mol. The predicted molar refractivity (Wildman–Crippen MR) is 44.6 cm³/mol. The van der Waals surface area contributed by atoms with Gasteiger partial charge in [-0.3, -0.25) is 0 Å². The average Bonchev–Trinajstić information content (AvgIpc) is 2.50. The number of halogens is 2. The van der Waals surface area contributed by atoms with Crippen LogP contribution in [0.3, 0.4) is 0 Å². The quantitative estimate of drug-likeness (QED) is 0.757. The zero-order chi connectivity index (χ0) is 8.77. The van der Waals surface area contributed by atoms with E-state index in [9.17, 15) is 8.78 Å². The summed E-state index contributed by atoms with van der Waals surface area (Å²) in [5.74, 6) is -3.79. The van der Waals surface area contributed by atoms with Gasteiger partial charge >= 0.3 is 0 Å². The van der Waals surface area contributed by atoms with E-state index in [1.165, 1.54) is 11.3 Å².